The molecule has 10 heteroatoms. The summed E-state index contributed by atoms with van der Waals surface area (Å²) in [5, 5.41) is 9.75. The molecule has 0 aliphatic carbocycles. The van der Waals surface area contributed by atoms with Crippen molar-refractivity contribution in [3.05, 3.63) is 62.0 Å². The molecule has 4 rings (SSSR count). The number of piperazine rings is 1. The molecule has 0 N–H and O–H groups in total. The highest BCUT2D eigenvalue weighted by atomic mass is 32.2. The Bertz CT molecular complexity index is 1390. The molecule has 1 aromatic carbocycles. The van der Waals surface area contributed by atoms with Gasteiger partial charge >= 0.3 is 0 Å². The van der Waals surface area contributed by atoms with Crippen LogP contribution in [0, 0.1) is 24.1 Å². The molecule has 39 heavy (non-hydrogen) atoms. The van der Waals surface area contributed by atoms with E-state index >= 15 is 0 Å². The van der Waals surface area contributed by atoms with Crippen molar-refractivity contribution in [2.75, 3.05) is 42.5 Å². The molecule has 7 nitrogen and oxygen atoms in total. The minimum Gasteiger partial charge on any atom is -0.366 e. The summed E-state index contributed by atoms with van der Waals surface area (Å²) < 4.78 is 16.4. The lowest BCUT2D eigenvalue weighted by Gasteiger charge is -2.38. The molecule has 2 aromatic rings. The largest absolute Gasteiger partial charge is 0.366 e. The van der Waals surface area contributed by atoms with Gasteiger partial charge in [-0.05, 0) is 37.1 Å². The van der Waals surface area contributed by atoms with Crippen molar-refractivity contribution < 1.29 is 9.18 Å². The third-order valence-corrected chi connectivity index (χ3v) is 8.75. The van der Waals surface area contributed by atoms with Crippen molar-refractivity contribution in [3.63, 3.8) is 0 Å². The Morgan fingerprint density at radius 1 is 1.08 bits per heavy atom. The average Bonchev–Trinajstić information content (AvgIpc) is 3.20. The standard InChI is InChI=1S/C29H34FN5O2S2/c1-4-5-6-7-10-13-35-28(37)25(39-29(35)38)18-21-20(2)22(19-31)27(36)32(3)26(21)34-16-14-33(15-17-34)24-12-9-8-11-23(24)30/h8-9,11-12,18H,4-7,10,13-17H2,1-3H3. The van der Waals surface area contributed by atoms with E-state index in [1.807, 2.05) is 17.0 Å². The Kier molecular flexibility index (Phi) is 9.46. The molecule has 0 saturated carbocycles. The number of hydrogen-bond donors (Lipinski definition) is 0. The van der Waals surface area contributed by atoms with Gasteiger partial charge in [0.2, 0.25) is 0 Å². The molecule has 206 valence electrons. The van der Waals surface area contributed by atoms with E-state index in [4.69, 9.17) is 12.2 Å². The summed E-state index contributed by atoms with van der Waals surface area (Å²) in [5.74, 6) is 0.248. The van der Waals surface area contributed by atoms with Gasteiger partial charge in [0.05, 0.1) is 10.6 Å². The smallest absolute Gasteiger partial charge is 0.270 e. The van der Waals surface area contributed by atoms with E-state index in [0.717, 1.165) is 25.7 Å². The Labute approximate surface area is 238 Å². The van der Waals surface area contributed by atoms with Crippen LogP contribution < -0.4 is 15.4 Å². The fraction of sp³-hybridized carbons (Fsp3) is 0.448. The van der Waals surface area contributed by atoms with Crippen molar-refractivity contribution in [3.8, 4) is 6.07 Å². The first-order valence-electron chi connectivity index (χ1n) is 13.4. The maximum Gasteiger partial charge on any atom is 0.270 e. The molecular weight excluding hydrogens is 533 g/mol. The highest BCUT2D eigenvalue weighted by molar-refractivity contribution is 8.26. The van der Waals surface area contributed by atoms with Gasteiger partial charge in [0.25, 0.3) is 11.5 Å². The Morgan fingerprint density at radius 2 is 1.74 bits per heavy atom. The van der Waals surface area contributed by atoms with Crippen molar-refractivity contribution in [1.82, 2.24) is 9.47 Å². The molecule has 2 fully saturated rings. The predicted molar refractivity (Wildman–Crippen MR) is 161 cm³/mol. The zero-order valence-corrected chi connectivity index (χ0v) is 24.3. The number of nitriles is 1. The molecule has 0 unspecified atom stereocenters. The van der Waals surface area contributed by atoms with Crippen molar-refractivity contribution in [1.29, 1.82) is 5.26 Å². The summed E-state index contributed by atoms with van der Waals surface area (Å²) in [5.41, 5.74) is 1.44. The summed E-state index contributed by atoms with van der Waals surface area (Å²) >= 11 is 6.80. The first-order valence-corrected chi connectivity index (χ1v) is 14.6. The summed E-state index contributed by atoms with van der Waals surface area (Å²) in [4.78, 5) is 32.7. The molecular formula is C29H34FN5O2S2. The van der Waals surface area contributed by atoms with Gasteiger partial charge in [0.15, 0.2) is 0 Å². The Morgan fingerprint density at radius 3 is 2.41 bits per heavy atom. The van der Waals surface area contributed by atoms with Gasteiger partial charge < -0.3 is 9.80 Å². The minimum absolute atomic E-state index is 0.0592. The predicted octanol–water partition coefficient (Wildman–Crippen LogP) is 5.20. The van der Waals surface area contributed by atoms with Gasteiger partial charge in [-0.2, -0.15) is 5.26 Å². The lowest BCUT2D eigenvalue weighted by molar-refractivity contribution is -0.122. The third-order valence-electron chi connectivity index (χ3n) is 7.37. The van der Waals surface area contributed by atoms with Crippen LogP contribution in [0.1, 0.15) is 55.7 Å². The quantitative estimate of drug-likeness (QED) is 0.234. The van der Waals surface area contributed by atoms with Crippen molar-refractivity contribution in [2.24, 2.45) is 7.05 Å². The molecule has 2 aliphatic heterocycles. The number of rotatable bonds is 9. The van der Waals surface area contributed by atoms with Crippen LogP contribution in [-0.4, -0.2) is 52.4 Å². The topological polar surface area (TPSA) is 72.6 Å². The summed E-state index contributed by atoms with van der Waals surface area (Å²) in [6.45, 7) is 6.73. The Balaban J connectivity index is 1.63. The number of thiocarbonyl (C=S) groups is 1. The van der Waals surface area contributed by atoms with Crippen LogP contribution in [0.25, 0.3) is 6.08 Å². The monoisotopic (exact) mass is 567 g/mol. The molecule has 1 amide bonds. The van der Waals surface area contributed by atoms with E-state index in [9.17, 15) is 19.2 Å². The zero-order chi connectivity index (χ0) is 28.1. The number of aromatic nitrogens is 1. The molecule has 2 saturated heterocycles. The van der Waals surface area contributed by atoms with Gasteiger partial charge in [-0.1, -0.05) is 68.7 Å². The highest BCUT2D eigenvalue weighted by Gasteiger charge is 2.33. The number of nitrogens with zero attached hydrogens (tertiary/aromatic N) is 5. The van der Waals surface area contributed by atoms with Crippen LogP contribution in [0.2, 0.25) is 0 Å². The summed E-state index contributed by atoms with van der Waals surface area (Å²) in [7, 11) is 1.65. The molecule has 1 aromatic heterocycles. The second kappa shape index (κ2) is 12.8. The number of hydrogen-bond acceptors (Lipinski definition) is 7. The number of pyridine rings is 1. The molecule has 0 radical (unpaired) electrons. The molecule has 2 aliphatic rings. The summed E-state index contributed by atoms with van der Waals surface area (Å²) in [6, 6.07) is 8.76. The maximum atomic E-state index is 14.4. The van der Waals surface area contributed by atoms with E-state index in [1.54, 1.807) is 37.1 Å². The first-order chi connectivity index (χ1) is 18.8. The number of thioether (sulfide) groups is 1. The minimum atomic E-state index is -0.377. The van der Waals surface area contributed by atoms with Crippen molar-refractivity contribution >= 4 is 51.8 Å². The van der Waals surface area contributed by atoms with Gasteiger partial charge in [-0.3, -0.25) is 19.1 Å². The van der Waals surface area contributed by atoms with Crippen LogP contribution in [0.5, 0.6) is 0 Å². The lowest BCUT2D eigenvalue weighted by Crippen LogP contribution is -2.48. The summed E-state index contributed by atoms with van der Waals surface area (Å²) in [6.07, 6.45) is 7.22. The number of carbonyl (C=O) groups is 1. The molecule has 0 atom stereocenters. The van der Waals surface area contributed by atoms with Gasteiger partial charge in [-0.25, -0.2) is 4.39 Å². The number of carbonyl (C=O) groups excluding carboxylic acids is 1. The number of benzene rings is 1. The number of halogens is 1. The number of amides is 1. The number of anilines is 2. The zero-order valence-electron chi connectivity index (χ0n) is 22.7. The highest BCUT2D eigenvalue weighted by Crippen LogP contribution is 2.36. The Hall–Kier alpha value is -3.16. The van der Waals surface area contributed by atoms with Crippen LogP contribution in [0.15, 0.2) is 34.0 Å². The van der Waals surface area contributed by atoms with E-state index in [-0.39, 0.29) is 22.8 Å². The van der Waals surface area contributed by atoms with Crippen molar-refractivity contribution in [2.45, 2.75) is 46.0 Å². The number of para-hydroxylation sites is 1. The normalized spacial score (nSPS) is 16.9. The van der Waals surface area contributed by atoms with E-state index in [2.05, 4.69) is 11.8 Å². The van der Waals surface area contributed by atoms with E-state index in [1.165, 1.54) is 28.8 Å². The van der Waals surface area contributed by atoms with Crippen LogP contribution >= 0.6 is 24.0 Å². The SMILES string of the molecule is CCCCCCCN1C(=O)C(=Cc2c(C)c(C#N)c(=O)n(C)c2N2CCN(c3ccccc3F)CC2)SC1=S. The second-order valence-corrected chi connectivity index (χ2v) is 11.6. The van der Waals surface area contributed by atoms with E-state index < -0.39 is 0 Å². The van der Waals surface area contributed by atoms with Crippen LogP contribution in [0.4, 0.5) is 15.9 Å². The van der Waals surface area contributed by atoms with Gasteiger partial charge in [-0.15, -0.1) is 0 Å². The fourth-order valence-electron chi connectivity index (χ4n) is 5.16. The molecule has 3 heterocycles. The third kappa shape index (κ3) is 6.04. The number of unbranched alkanes of at least 4 members (excludes halogenated alkanes) is 4. The lowest BCUT2D eigenvalue weighted by atomic mass is 10.0. The maximum absolute atomic E-state index is 14.4. The molecule has 0 spiro atoms. The van der Waals surface area contributed by atoms with Gasteiger partial charge in [0.1, 0.15) is 27.6 Å². The first kappa shape index (κ1) is 28.8. The van der Waals surface area contributed by atoms with Crippen LogP contribution in [-0.2, 0) is 11.8 Å². The van der Waals surface area contributed by atoms with Crippen LogP contribution in [0.3, 0.4) is 0 Å². The van der Waals surface area contributed by atoms with E-state index in [0.29, 0.717) is 64.6 Å². The molecule has 0 bridgehead atoms. The van der Waals surface area contributed by atoms with Gasteiger partial charge in [0, 0.05) is 45.3 Å². The second-order valence-electron chi connectivity index (χ2n) is 9.89. The fourth-order valence-corrected chi connectivity index (χ4v) is 6.45. The average molecular weight is 568 g/mol.